The second kappa shape index (κ2) is 5.12. The molecule has 2 rings (SSSR count). The molecule has 5 nitrogen and oxygen atoms in total. The van der Waals surface area contributed by atoms with Gasteiger partial charge in [0.05, 0.1) is 11.1 Å². The Labute approximate surface area is 116 Å². The maximum absolute atomic E-state index is 13.1. The number of carboxylic acid groups (broad SMARTS) is 2. The minimum Gasteiger partial charge on any atom is -0.478 e. The van der Waals surface area contributed by atoms with E-state index in [1.54, 1.807) is 0 Å². The zero-order valence-corrected chi connectivity index (χ0v) is 10.5. The number of rotatable bonds is 2. The van der Waals surface area contributed by atoms with Crippen LogP contribution in [0.3, 0.4) is 0 Å². The average molecular weight is 301 g/mol. The SMILES string of the molecule is O=C(O)c1ccc(C2=CCN(C(=O)O)C2)c(C(F)(F)F)c1. The first-order chi connectivity index (χ1) is 9.70. The van der Waals surface area contributed by atoms with E-state index in [9.17, 15) is 22.8 Å². The summed E-state index contributed by atoms with van der Waals surface area (Å²) in [6.07, 6.45) is -4.56. The summed E-state index contributed by atoms with van der Waals surface area (Å²) in [4.78, 5) is 22.5. The van der Waals surface area contributed by atoms with Crippen LogP contribution in [0.1, 0.15) is 21.5 Å². The maximum atomic E-state index is 13.1. The standard InChI is InChI=1S/C13H10F3NO4/c14-13(15,16)10-5-7(11(18)19)1-2-9(10)8-3-4-17(6-8)12(20)21/h1-3,5H,4,6H2,(H,18,19)(H,20,21). The third-order valence-electron chi connectivity index (χ3n) is 3.11. The lowest BCUT2D eigenvalue weighted by Gasteiger charge is -2.16. The molecular formula is C13H10F3NO4. The van der Waals surface area contributed by atoms with Crippen molar-refractivity contribution in [1.29, 1.82) is 0 Å². The number of halogens is 3. The molecule has 1 heterocycles. The van der Waals surface area contributed by atoms with Gasteiger partial charge in [0.2, 0.25) is 0 Å². The molecule has 0 saturated carbocycles. The fourth-order valence-electron chi connectivity index (χ4n) is 2.09. The van der Waals surface area contributed by atoms with E-state index in [1.807, 2.05) is 0 Å². The molecule has 0 unspecified atom stereocenters. The Hall–Kier alpha value is -2.51. The Morgan fingerprint density at radius 3 is 2.33 bits per heavy atom. The van der Waals surface area contributed by atoms with E-state index in [2.05, 4.69) is 0 Å². The summed E-state index contributed by atoms with van der Waals surface area (Å²) in [5.74, 6) is -1.46. The van der Waals surface area contributed by atoms with Crippen LogP contribution < -0.4 is 0 Å². The fraction of sp³-hybridized carbons (Fsp3) is 0.231. The molecule has 0 spiro atoms. The number of carbonyl (C=O) groups is 2. The largest absolute Gasteiger partial charge is 0.478 e. The van der Waals surface area contributed by atoms with E-state index in [0.717, 1.165) is 17.0 Å². The molecule has 2 N–H and O–H groups in total. The van der Waals surface area contributed by atoms with Gasteiger partial charge in [-0.05, 0) is 23.3 Å². The van der Waals surface area contributed by atoms with Gasteiger partial charge in [-0.3, -0.25) is 0 Å². The third kappa shape index (κ3) is 2.99. The van der Waals surface area contributed by atoms with Gasteiger partial charge < -0.3 is 15.1 Å². The van der Waals surface area contributed by atoms with Gasteiger partial charge in [0, 0.05) is 13.1 Å². The first-order valence-electron chi connectivity index (χ1n) is 5.82. The number of hydrogen-bond donors (Lipinski definition) is 2. The van der Waals surface area contributed by atoms with Gasteiger partial charge in [0.15, 0.2) is 0 Å². The van der Waals surface area contributed by atoms with Crippen LogP contribution in [0.25, 0.3) is 5.57 Å². The molecule has 0 bridgehead atoms. The van der Waals surface area contributed by atoms with Crippen molar-refractivity contribution in [2.24, 2.45) is 0 Å². The highest BCUT2D eigenvalue weighted by atomic mass is 19.4. The quantitative estimate of drug-likeness (QED) is 0.880. The summed E-state index contributed by atoms with van der Waals surface area (Å²) in [5, 5.41) is 17.6. The smallest absolute Gasteiger partial charge is 0.417 e. The average Bonchev–Trinajstić information content (AvgIpc) is 2.86. The number of hydrogen-bond acceptors (Lipinski definition) is 2. The van der Waals surface area contributed by atoms with E-state index in [-0.39, 0.29) is 24.2 Å². The van der Waals surface area contributed by atoms with Crippen LogP contribution in [0.2, 0.25) is 0 Å². The summed E-state index contributed by atoms with van der Waals surface area (Å²) in [6, 6.07) is 2.68. The molecule has 0 aromatic heterocycles. The Balaban J connectivity index is 2.45. The molecule has 8 heteroatoms. The number of carboxylic acids is 1. The van der Waals surface area contributed by atoms with Crippen LogP contribution in [-0.4, -0.2) is 40.3 Å². The summed E-state index contributed by atoms with van der Waals surface area (Å²) >= 11 is 0. The van der Waals surface area contributed by atoms with E-state index in [1.165, 1.54) is 6.08 Å². The monoisotopic (exact) mass is 301 g/mol. The predicted octanol–water partition coefficient (Wildman–Crippen LogP) is 2.78. The molecule has 1 aromatic carbocycles. The van der Waals surface area contributed by atoms with Crippen molar-refractivity contribution in [2.45, 2.75) is 6.18 Å². The van der Waals surface area contributed by atoms with Gasteiger partial charge in [0.25, 0.3) is 0 Å². The molecule has 1 amide bonds. The summed E-state index contributed by atoms with van der Waals surface area (Å²) < 4.78 is 39.2. The van der Waals surface area contributed by atoms with Gasteiger partial charge in [0.1, 0.15) is 0 Å². The lowest BCUT2D eigenvalue weighted by atomic mass is 9.97. The Morgan fingerprint density at radius 1 is 1.19 bits per heavy atom. The minimum atomic E-state index is -4.72. The molecule has 1 aliphatic rings. The van der Waals surface area contributed by atoms with Crippen molar-refractivity contribution in [3.05, 3.63) is 41.0 Å². The first-order valence-corrected chi connectivity index (χ1v) is 5.82. The number of alkyl halides is 3. The van der Waals surface area contributed by atoms with E-state index in [4.69, 9.17) is 10.2 Å². The van der Waals surface area contributed by atoms with Crippen molar-refractivity contribution in [3.63, 3.8) is 0 Å². The topological polar surface area (TPSA) is 77.8 Å². The summed E-state index contributed by atoms with van der Waals surface area (Å²) in [6.45, 7) is -0.159. The minimum absolute atomic E-state index is 0.00262. The van der Waals surface area contributed by atoms with Gasteiger partial charge in [-0.25, -0.2) is 9.59 Å². The zero-order valence-electron chi connectivity index (χ0n) is 10.5. The van der Waals surface area contributed by atoms with Gasteiger partial charge in [-0.1, -0.05) is 12.1 Å². The van der Waals surface area contributed by atoms with Gasteiger partial charge in [-0.2, -0.15) is 13.2 Å². The predicted molar refractivity (Wildman–Crippen MR) is 66.0 cm³/mol. The number of amides is 1. The van der Waals surface area contributed by atoms with E-state index in [0.29, 0.717) is 6.07 Å². The molecule has 1 aromatic rings. The van der Waals surface area contributed by atoms with E-state index >= 15 is 0 Å². The van der Waals surface area contributed by atoms with Crippen molar-refractivity contribution in [1.82, 2.24) is 4.90 Å². The second-order valence-electron chi connectivity index (χ2n) is 4.46. The molecule has 21 heavy (non-hydrogen) atoms. The highest BCUT2D eigenvalue weighted by Crippen LogP contribution is 2.37. The number of nitrogens with zero attached hydrogens (tertiary/aromatic N) is 1. The molecule has 0 atom stereocenters. The van der Waals surface area contributed by atoms with E-state index < -0.39 is 29.4 Å². The van der Waals surface area contributed by atoms with Crippen LogP contribution in [0, 0.1) is 0 Å². The fourth-order valence-corrected chi connectivity index (χ4v) is 2.09. The Kier molecular flexibility index (Phi) is 3.63. The van der Waals surface area contributed by atoms with Crippen LogP contribution in [0.15, 0.2) is 24.3 Å². The maximum Gasteiger partial charge on any atom is 0.417 e. The van der Waals surface area contributed by atoms with Crippen LogP contribution in [0.5, 0.6) is 0 Å². The molecule has 1 aliphatic heterocycles. The lowest BCUT2D eigenvalue weighted by molar-refractivity contribution is -0.137. The van der Waals surface area contributed by atoms with Crippen LogP contribution in [0.4, 0.5) is 18.0 Å². The summed E-state index contributed by atoms with van der Waals surface area (Å²) in [5.41, 5.74) is -1.54. The normalized spacial score (nSPS) is 15.0. The summed E-state index contributed by atoms with van der Waals surface area (Å²) in [7, 11) is 0. The first kappa shape index (κ1) is 14.9. The molecule has 0 radical (unpaired) electrons. The van der Waals surface area contributed by atoms with Gasteiger partial charge in [-0.15, -0.1) is 0 Å². The Bertz CT molecular complexity index is 637. The number of benzene rings is 1. The highest BCUT2D eigenvalue weighted by molar-refractivity contribution is 5.89. The van der Waals surface area contributed by atoms with Crippen molar-refractivity contribution in [3.8, 4) is 0 Å². The Morgan fingerprint density at radius 2 is 1.86 bits per heavy atom. The molecule has 0 saturated heterocycles. The molecule has 112 valence electrons. The molecular weight excluding hydrogens is 291 g/mol. The highest BCUT2D eigenvalue weighted by Gasteiger charge is 2.36. The second-order valence-corrected chi connectivity index (χ2v) is 4.46. The zero-order chi connectivity index (χ0) is 15.8. The van der Waals surface area contributed by atoms with Gasteiger partial charge >= 0.3 is 18.2 Å². The van der Waals surface area contributed by atoms with Crippen molar-refractivity contribution in [2.75, 3.05) is 13.1 Å². The van der Waals surface area contributed by atoms with Crippen molar-refractivity contribution >= 4 is 17.6 Å². The van der Waals surface area contributed by atoms with Crippen LogP contribution >= 0.6 is 0 Å². The molecule has 0 aliphatic carbocycles. The lowest BCUT2D eigenvalue weighted by Crippen LogP contribution is -2.26. The number of aromatic carboxylic acids is 1. The third-order valence-corrected chi connectivity index (χ3v) is 3.11. The van der Waals surface area contributed by atoms with Crippen molar-refractivity contribution < 1.29 is 33.0 Å². The van der Waals surface area contributed by atoms with Crippen LogP contribution in [-0.2, 0) is 6.18 Å². The molecule has 0 fully saturated rings.